The average molecular weight is 830 g/mol. The Hall–Kier alpha value is -6.34. The van der Waals surface area contributed by atoms with Crippen LogP contribution in [0.25, 0.3) is 0 Å². The van der Waals surface area contributed by atoms with Gasteiger partial charge in [-0.2, -0.15) is 0 Å². The molecule has 0 radical (unpaired) electrons. The third-order valence-electron chi connectivity index (χ3n) is 8.47. The Morgan fingerprint density at radius 3 is 1.56 bits per heavy atom. The molecule has 0 saturated heterocycles. The van der Waals surface area contributed by atoms with Crippen LogP contribution in [0.1, 0.15) is 73.3 Å². The summed E-state index contributed by atoms with van der Waals surface area (Å²) in [4.78, 5) is 126. The molecule has 0 bridgehead atoms. The molecule has 0 aliphatic rings. The van der Waals surface area contributed by atoms with Crippen molar-refractivity contribution in [1.29, 1.82) is 0 Å². The predicted molar refractivity (Wildman–Crippen MR) is 214 cm³/mol. The summed E-state index contributed by atoms with van der Waals surface area (Å²) in [6, 6.07) is 1.16. The van der Waals surface area contributed by atoms with Crippen molar-refractivity contribution in [2.45, 2.75) is 110 Å². The van der Waals surface area contributed by atoms with Gasteiger partial charge in [-0.15, -0.1) is 0 Å². The zero-order valence-electron chi connectivity index (χ0n) is 34.5. The lowest BCUT2D eigenvalue weighted by molar-refractivity contribution is -0.141. The number of primary amides is 2. The second kappa shape index (κ2) is 25.1. The first-order valence-corrected chi connectivity index (χ1v) is 19.1. The Morgan fingerprint density at radius 1 is 0.610 bits per heavy atom. The molecule has 20 nitrogen and oxygen atoms in total. The van der Waals surface area contributed by atoms with E-state index in [9.17, 15) is 53.1 Å². The molecule has 0 unspecified atom stereocenters. The normalized spacial score (nSPS) is 14.2. The Balaban J connectivity index is 2.91. The minimum atomic E-state index is -1.60. The van der Waals surface area contributed by atoms with Crippen molar-refractivity contribution in [3.05, 3.63) is 48.0 Å². The minimum absolute atomic E-state index is 0.00702. The summed E-state index contributed by atoms with van der Waals surface area (Å²) >= 11 is 0. The molecule has 0 aliphatic heterocycles. The minimum Gasteiger partial charge on any atom is -0.480 e. The highest BCUT2D eigenvalue weighted by molar-refractivity contribution is 6.01. The molecule has 0 spiro atoms. The van der Waals surface area contributed by atoms with Crippen LogP contribution < -0.4 is 48.7 Å². The first-order chi connectivity index (χ1) is 27.5. The molecule has 326 valence electrons. The largest absolute Gasteiger partial charge is 0.480 e. The molecule has 0 aromatic heterocycles. The number of carboxylic acids is 1. The highest BCUT2D eigenvalue weighted by atomic mass is 16.4. The van der Waals surface area contributed by atoms with Crippen LogP contribution in [-0.4, -0.2) is 107 Å². The van der Waals surface area contributed by atoms with Crippen LogP contribution in [0.15, 0.2) is 42.5 Å². The lowest BCUT2D eigenvalue weighted by Gasteiger charge is -2.28. The molecule has 9 amide bonds. The second-order valence-corrected chi connectivity index (χ2v) is 15.2. The summed E-state index contributed by atoms with van der Waals surface area (Å²) in [6.45, 7) is 11.3. The van der Waals surface area contributed by atoms with Gasteiger partial charge in [0, 0.05) is 18.6 Å². The van der Waals surface area contributed by atoms with Crippen LogP contribution in [0.3, 0.4) is 0 Å². The zero-order valence-corrected chi connectivity index (χ0v) is 34.5. The highest BCUT2D eigenvalue weighted by Crippen LogP contribution is 2.11. The molecular weight excluding hydrogens is 770 g/mol. The van der Waals surface area contributed by atoms with Crippen molar-refractivity contribution in [1.82, 2.24) is 37.2 Å². The monoisotopic (exact) mass is 829 g/mol. The summed E-state index contributed by atoms with van der Waals surface area (Å²) in [5.74, 6) is -9.51. The molecule has 59 heavy (non-hydrogen) atoms. The van der Waals surface area contributed by atoms with Gasteiger partial charge in [-0.05, 0) is 43.1 Å². The molecule has 20 heteroatoms. The predicted octanol–water partition coefficient (Wildman–Crippen LogP) is -1.98. The number of hydrogen-bond acceptors (Lipinski definition) is 10. The molecule has 0 fully saturated rings. The van der Waals surface area contributed by atoms with Crippen LogP contribution in [-0.2, 0) is 54.4 Å². The molecule has 6 atom stereocenters. The zero-order chi connectivity index (χ0) is 45.0. The number of carbonyl (C=O) groups excluding carboxylic acids is 9. The maximum Gasteiger partial charge on any atom is 0.326 e. The van der Waals surface area contributed by atoms with Gasteiger partial charge >= 0.3 is 5.97 Å². The number of aliphatic carboxylic acids is 1. The lowest BCUT2D eigenvalue weighted by Crippen LogP contribution is -2.59. The summed E-state index contributed by atoms with van der Waals surface area (Å²) in [5.41, 5.74) is 11.4. The molecule has 1 aromatic carbocycles. The van der Waals surface area contributed by atoms with Gasteiger partial charge < -0.3 is 53.8 Å². The van der Waals surface area contributed by atoms with Gasteiger partial charge in [0.25, 0.3) is 0 Å². The smallest absolute Gasteiger partial charge is 0.326 e. The number of nitrogens with one attached hydrogen (secondary N) is 7. The summed E-state index contributed by atoms with van der Waals surface area (Å²) in [6.07, 6.45) is 1.02. The fourth-order valence-electron chi connectivity index (χ4n) is 5.50. The van der Waals surface area contributed by atoms with E-state index >= 15 is 0 Å². The van der Waals surface area contributed by atoms with Gasteiger partial charge in [0.15, 0.2) is 0 Å². The Kier molecular flexibility index (Phi) is 21.6. The molecule has 0 saturated carbocycles. The van der Waals surface area contributed by atoms with Crippen molar-refractivity contribution in [2.75, 3.05) is 6.54 Å². The Bertz CT molecular complexity index is 1700. The van der Waals surface area contributed by atoms with Gasteiger partial charge in [0.2, 0.25) is 53.2 Å². The molecular formula is C39H59N9O11. The summed E-state index contributed by atoms with van der Waals surface area (Å²) < 4.78 is 0. The SMILES string of the molecule is CC(C)C[C@H](NC(=O)[C@H](CC(N)=O)NC(=O)/C=C/C(=O)N[C@@H](C)C(=O)NCC(=O)N[C@@H](Cc1ccccc1)C(=O)O)C(=O)N[C@@H](CC(C)C)C(=O)N[C@H](C(N)=O)C(C)C. The summed E-state index contributed by atoms with van der Waals surface area (Å²) in [7, 11) is 0. The molecule has 0 heterocycles. The van der Waals surface area contributed by atoms with E-state index in [1.165, 1.54) is 6.92 Å². The lowest BCUT2D eigenvalue weighted by atomic mass is 9.98. The van der Waals surface area contributed by atoms with E-state index in [0.29, 0.717) is 5.56 Å². The van der Waals surface area contributed by atoms with Crippen molar-refractivity contribution in [3.8, 4) is 0 Å². The maximum atomic E-state index is 13.5. The molecule has 1 rings (SSSR count). The van der Waals surface area contributed by atoms with Crippen LogP contribution in [0, 0.1) is 17.8 Å². The molecule has 1 aromatic rings. The fraction of sp³-hybridized carbons (Fsp3) is 0.538. The quantitative estimate of drug-likeness (QED) is 0.0482. The van der Waals surface area contributed by atoms with Crippen molar-refractivity contribution >= 4 is 59.1 Å². The number of carboxylic acid groups (broad SMARTS) is 1. The van der Waals surface area contributed by atoms with E-state index in [0.717, 1.165) is 12.2 Å². The topological polar surface area (TPSA) is 327 Å². The van der Waals surface area contributed by atoms with Gasteiger partial charge in [-0.25, -0.2) is 4.79 Å². The highest BCUT2D eigenvalue weighted by Gasteiger charge is 2.33. The summed E-state index contributed by atoms with van der Waals surface area (Å²) in [5, 5.41) is 26.3. The van der Waals surface area contributed by atoms with Crippen molar-refractivity contribution < 1.29 is 53.1 Å². The fourth-order valence-corrected chi connectivity index (χ4v) is 5.50. The third-order valence-corrected chi connectivity index (χ3v) is 8.47. The number of hydrogen-bond donors (Lipinski definition) is 10. The van der Waals surface area contributed by atoms with E-state index in [-0.39, 0.29) is 37.0 Å². The van der Waals surface area contributed by atoms with E-state index in [1.54, 1.807) is 58.0 Å². The van der Waals surface area contributed by atoms with Crippen molar-refractivity contribution in [3.63, 3.8) is 0 Å². The first-order valence-electron chi connectivity index (χ1n) is 19.1. The maximum absolute atomic E-state index is 13.5. The van der Waals surface area contributed by atoms with Crippen LogP contribution >= 0.6 is 0 Å². The standard InChI is InChI=1S/C39H59N9O11/c1-20(2)15-25(36(55)47-26(16-21(3)4)38(57)48-33(22(5)6)34(41)53)46-37(56)27(18-29(40)49)44-31(51)14-13-30(50)43-23(7)35(54)42-19-32(52)45-28(39(58)59)17-24-11-9-8-10-12-24/h8-14,20-23,25-28,33H,15-19H2,1-7H3,(H2,40,49)(H2,41,53)(H,42,54)(H,43,50)(H,44,51)(H,45,52)(H,46,56)(H,47,55)(H,48,57)(H,58,59)/b14-13+/t23-,25-,26-,27-,28-,33-/m0/s1. The van der Waals surface area contributed by atoms with E-state index in [2.05, 4.69) is 37.2 Å². The Labute approximate surface area is 343 Å². The number of amides is 9. The van der Waals surface area contributed by atoms with Crippen LogP contribution in [0.2, 0.25) is 0 Å². The van der Waals surface area contributed by atoms with Gasteiger partial charge in [0.05, 0.1) is 13.0 Å². The third kappa shape index (κ3) is 20.1. The van der Waals surface area contributed by atoms with Crippen LogP contribution in [0.4, 0.5) is 0 Å². The second-order valence-electron chi connectivity index (χ2n) is 15.2. The van der Waals surface area contributed by atoms with Gasteiger partial charge in [0.1, 0.15) is 36.3 Å². The van der Waals surface area contributed by atoms with Crippen LogP contribution in [0.5, 0.6) is 0 Å². The number of carbonyl (C=O) groups is 10. The van der Waals surface area contributed by atoms with E-state index < -0.39 is 108 Å². The average Bonchev–Trinajstić information content (AvgIpc) is 3.13. The first kappa shape index (κ1) is 50.7. The Morgan fingerprint density at radius 2 is 1.10 bits per heavy atom. The van der Waals surface area contributed by atoms with Gasteiger partial charge in [-0.3, -0.25) is 43.2 Å². The number of rotatable bonds is 25. The van der Waals surface area contributed by atoms with Gasteiger partial charge in [-0.1, -0.05) is 71.9 Å². The number of nitrogens with two attached hydrogens (primary N) is 2. The van der Waals surface area contributed by atoms with E-state index in [1.807, 2.05) is 13.8 Å². The van der Waals surface area contributed by atoms with E-state index in [4.69, 9.17) is 11.5 Å². The molecule has 12 N–H and O–H groups in total. The van der Waals surface area contributed by atoms with Crippen molar-refractivity contribution in [2.24, 2.45) is 29.2 Å². The number of benzene rings is 1. The molecule has 0 aliphatic carbocycles.